The van der Waals surface area contributed by atoms with E-state index in [4.69, 9.17) is 5.73 Å². The first-order valence-electron chi connectivity index (χ1n) is 6.61. The summed E-state index contributed by atoms with van der Waals surface area (Å²) in [6.45, 7) is 0. The van der Waals surface area contributed by atoms with Gasteiger partial charge in [0.05, 0.1) is 27.7 Å². The van der Waals surface area contributed by atoms with Crippen LogP contribution in [0.4, 0.5) is 0 Å². The standard InChI is InChI=1S/C13H15N3O4S2/c14-7-13(3-1-2-4-13)8-22(19,20)16-12(18)10-5-9(6-21-10)11(15)17/h5-6H,1-4,8H2,(H2,15,17)(H,16,18). The molecule has 0 aliphatic heterocycles. The van der Waals surface area contributed by atoms with Gasteiger partial charge in [0.25, 0.3) is 5.91 Å². The fourth-order valence-electron chi connectivity index (χ4n) is 2.52. The number of sulfonamides is 1. The fourth-order valence-corrected chi connectivity index (χ4v) is 4.92. The molecule has 1 aliphatic rings. The van der Waals surface area contributed by atoms with Crippen molar-refractivity contribution in [2.75, 3.05) is 5.75 Å². The minimum atomic E-state index is -3.93. The molecule has 1 aliphatic carbocycles. The van der Waals surface area contributed by atoms with E-state index in [1.165, 1.54) is 11.4 Å². The lowest BCUT2D eigenvalue weighted by atomic mass is 9.91. The Morgan fingerprint density at radius 2 is 2.05 bits per heavy atom. The third kappa shape index (κ3) is 3.64. The number of hydrogen-bond donors (Lipinski definition) is 2. The number of nitriles is 1. The highest BCUT2D eigenvalue weighted by Gasteiger charge is 2.39. The predicted molar refractivity (Wildman–Crippen MR) is 80.6 cm³/mol. The van der Waals surface area contributed by atoms with Crippen molar-refractivity contribution >= 4 is 33.2 Å². The number of carbonyl (C=O) groups excluding carboxylic acids is 2. The predicted octanol–water partition coefficient (Wildman–Crippen LogP) is 0.991. The number of hydrogen-bond acceptors (Lipinski definition) is 6. The third-order valence-corrected chi connectivity index (χ3v) is 5.98. The van der Waals surface area contributed by atoms with Crippen molar-refractivity contribution in [3.8, 4) is 6.07 Å². The number of rotatable bonds is 5. The van der Waals surface area contributed by atoms with Crippen molar-refractivity contribution in [2.24, 2.45) is 11.1 Å². The van der Waals surface area contributed by atoms with Crippen molar-refractivity contribution in [3.63, 3.8) is 0 Å². The lowest BCUT2D eigenvalue weighted by Gasteiger charge is -2.19. The van der Waals surface area contributed by atoms with Crippen LogP contribution in [0.1, 0.15) is 45.7 Å². The molecule has 1 aromatic rings. The summed E-state index contributed by atoms with van der Waals surface area (Å²) in [5, 5.41) is 10.6. The molecule has 1 heterocycles. The summed E-state index contributed by atoms with van der Waals surface area (Å²) >= 11 is 0.932. The largest absolute Gasteiger partial charge is 0.366 e. The molecular weight excluding hydrogens is 326 g/mol. The highest BCUT2D eigenvalue weighted by Crippen LogP contribution is 2.38. The van der Waals surface area contributed by atoms with E-state index in [2.05, 4.69) is 6.07 Å². The van der Waals surface area contributed by atoms with Gasteiger partial charge in [-0.05, 0) is 18.9 Å². The average Bonchev–Trinajstić information content (AvgIpc) is 3.06. The summed E-state index contributed by atoms with van der Waals surface area (Å²) < 4.78 is 26.2. The van der Waals surface area contributed by atoms with Gasteiger partial charge in [0, 0.05) is 5.38 Å². The van der Waals surface area contributed by atoms with Gasteiger partial charge in [-0.25, -0.2) is 13.1 Å². The second-order valence-corrected chi connectivity index (χ2v) is 7.99. The molecule has 0 saturated heterocycles. The topological polar surface area (TPSA) is 130 Å². The highest BCUT2D eigenvalue weighted by atomic mass is 32.2. The summed E-state index contributed by atoms with van der Waals surface area (Å²) in [6, 6.07) is 3.32. The van der Waals surface area contributed by atoms with E-state index in [1.54, 1.807) is 0 Å². The van der Waals surface area contributed by atoms with Crippen LogP contribution in [0.2, 0.25) is 0 Å². The first-order chi connectivity index (χ1) is 10.3. The van der Waals surface area contributed by atoms with E-state index in [0.29, 0.717) is 12.8 Å². The molecule has 0 unspecified atom stereocenters. The summed E-state index contributed by atoms with van der Waals surface area (Å²) in [6.07, 6.45) is 2.65. The number of nitrogens with one attached hydrogen (secondary N) is 1. The molecule has 0 bridgehead atoms. The van der Waals surface area contributed by atoms with Crippen LogP contribution in [0.5, 0.6) is 0 Å². The molecule has 7 nitrogen and oxygen atoms in total. The third-order valence-electron chi connectivity index (χ3n) is 3.62. The van der Waals surface area contributed by atoms with Crippen molar-refractivity contribution < 1.29 is 18.0 Å². The zero-order chi connectivity index (χ0) is 16.4. The Morgan fingerprint density at radius 3 is 2.55 bits per heavy atom. The Labute approximate surface area is 132 Å². The molecule has 1 fully saturated rings. The number of carbonyl (C=O) groups is 2. The lowest BCUT2D eigenvalue weighted by molar-refractivity contribution is 0.0984. The molecule has 22 heavy (non-hydrogen) atoms. The van der Waals surface area contributed by atoms with E-state index < -0.39 is 33.0 Å². The molecule has 2 rings (SSSR count). The van der Waals surface area contributed by atoms with Crippen molar-refractivity contribution in [2.45, 2.75) is 25.7 Å². The SMILES string of the molecule is N#CC1(CS(=O)(=O)NC(=O)c2cc(C(N)=O)cs2)CCCC1. The van der Waals surface area contributed by atoms with Crippen LogP contribution >= 0.6 is 11.3 Å². The number of primary amides is 1. The molecular formula is C13H15N3O4S2. The molecule has 2 amide bonds. The summed E-state index contributed by atoms with van der Waals surface area (Å²) in [7, 11) is -3.93. The Kier molecular flexibility index (Phi) is 4.53. The van der Waals surface area contributed by atoms with Crippen LogP contribution in [0, 0.1) is 16.7 Å². The van der Waals surface area contributed by atoms with Gasteiger partial charge in [-0.15, -0.1) is 11.3 Å². The van der Waals surface area contributed by atoms with Crippen LogP contribution in [0.25, 0.3) is 0 Å². The molecule has 0 atom stereocenters. The Balaban J connectivity index is 2.09. The highest BCUT2D eigenvalue weighted by molar-refractivity contribution is 7.90. The molecule has 1 saturated carbocycles. The van der Waals surface area contributed by atoms with Gasteiger partial charge in [0.15, 0.2) is 0 Å². The van der Waals surface area contributed by atoms with Crippen LogP contribution in [0.15, 0.2) is 11.4 Å². The molecule has 9 heteroatoms. The number of thiophene rings is 1. The van der Waals surface area contributed by atoms with E-state index >= 15 is 0 Å². The quantitative estimate of drug-likeness (QED) is 0.824. The van der Waals surface area contributed by atoms with Gasteiger partial charge in [-0.1, -0.05) is 12.8 Å². The van der Waals surface area contributed by atoms with Gasteiger partial charge >= 0.3 is 0 Å². The van der Waals surface area contributed by atoms with Crippen LogP contribution in [-0.4, -0.2) is 26.0 Å². The monoisotopic (exact) mass is 341 g/mol. The summed E-state index contributed by atoms with van der Waals surface area (Å²) in [5.41, 5.74) is 4.31. The Hall–Kier alpha value is -1.92. The maximum Gasteiger partial charge on any atom is 0.274 e. The molecule has 0 radical (unpaired) electrons. The molecule has 1 aromatic heterocycles. The van der Waals surface area contributed by atoms with Gasteiger partial charge in [-0.2, -0.15) is 5.26 Å². The average molecular weight is 341 g/mol. The van der Waals surface area contributed by atoms with E-state index in [0.717, 1.165) is 24.2 Å². The van der Waals surface area contributed by atoms with Crippen molar-refractivity contribution in [1.29, 1.82) is 5.26 Å². The van der Waals surface area contributed by atoms with Crippen molar-refractivity contribution in [1.82, 2.24) is 4.72 Å². The number of amides is 2. The van der Waals surface area contributed by atoms with Crippen LogP contribution < -0.4 is 10.5 Å². The maximum absolute atomic E-state index is 12.1. The normalized spacial score (nSPS) is 16.9. The summed E-state index contributed by atoms with van der Waals surface area (Å²) in [4.78, 5) is 23.0. The second kappa shape index (κ2) is 6.06. The lowest BCUT2D eigenvalue weighted by Crippen LogP contribution is -2.37. The Morgan fingerprint density at radius 1 is 1.41 bits per heavy atom. The molecule has 0 aromatic carbocycles. The maximum atomic E-state index is 12.1. The van der Waals surface area contributed by atoms with E-state index in [9.17, 15) is 23.3 Å². The van der Waals surface area contributed by atoms with Crippen molar-refractivity contribution in [3.05, 3.63) is 21.9 Å². The zero-order valence-corrected chi connectivity index (χ0v) is 13.3. The molecule has 0 spiro atoms. The first-order valence-corrected chi connectivity index (χ1v) is 9.15. The smallest absolute Gasteiger partial charge is 0.274 e. The number of nitrogens with two attached hydrogens (primary N) is 1. The first kappa shape index (κ1) is 16.5. The van der Waals surface area contributed by atoms with Crippen LogP contribution in [0.3, 0.4) is 0 Å². The van der Waals surface area contributed by atoms with E-state index in [-0.39, 0.29) is 10.4 Å². The second-order valence-electron chi connectivity index (χ2n) is 5.35. The molecule has 3 N–H and O–H groups in total. The van der Waals surface area contributed by atoms with Gasteiger partial charge < -0.3 is 5.73 Å². The molecule has 118 valence electrons. The summed E-state index contributed by atoms with van der Waals surface area (Å²) in [5.74, 6) is -1.90. The Bertz CT molecular complexity index is 740. The van der Waals surface area contributed by atoms with E-state index in [1.807, 2.05) is 4.72 Å². The fraction of sp³-hybridized carbons (Fsp3) is 0.462. The van der Waals surface area contributed by atoms with Crippen LogP contribution in [-0.2, 0) is 10.0 Å². The van der Waals surface area contributed by atoms with Gasteiger partial charge in [0.1, 0.15) is 0 Å². The zero-order valence-electron chi connectivity index (χ0n) is 11.7. The minimum absolute atomic E-state index is 0.0785. The minimum Gasteiger partial charge on any atom is -0.366 e. The number of nitrogens with zero attached hydrogens (tertiary/aromatic N) is 1. The van der Waals surface area contributed by atoms with Gasteiger partial charge in [-0.3, -0.25) is 9.59 Å². The van der Waals surface area contributed by atoms with Gasteiger partial charge in [0.2, 0.25) is 15.9 Å².